The number of hydrogen-bond acceptors (Lipinski definition) is 5. The highest BCUT2D eigenvalue weighted by Gasteiger charge is 2.55. The van der Waals surface area contributed by atoms with E-state index in [-0.39, 0.29) is 29.7 Å². The average molecular weight is 491 g/mol. The van der Waals surface area contributed by atoms with Crippen molar-refractivity contribution in [3.8, 4) is 5.75 Å². The number of piperidine rings is 1. The van der Waals surface area contributed by atoms with Gasteiger partial charge in [0.2, 0.25) is 11.8 Å². The van der Waals surface area contributed by atoms with Gasteiger partial charge in [0.1, 0.15) is 12.4 Å². The smallest absolute Gasteiger partial charge is 0.254 e. The number of ether oxygens (including phenoxy) is 1. The predicted molar refractivity (Wildman–Crippen MR) is 135 cm³/mol. The summed E-state index contributed by atoms with van der Waals surface area (Å²) in [5.41, 5.74) is 1.20. The van der Waals surface area contributed by atoms with Crippen molar-refractivity contribution >= 4 is 17.7 Å². The Labute approximate surface area is 212 Å². The third-order valence-electron chi connectivity index (χ3n) is 7.72. The molecule has 190 valence electrons. The molecule has 0 unspecified atom stereocenters. The second-order valence-corrected chi connectivity index (χ2v) is 10.0. The minimum Gasteiger partial charge on any atom is -0.492 e. The molecule has 3 aliphatic heterocycles. The number of carbonyl (C=O) groups excluding carboxylic acids is 3. The van der Waals surface area contributed by atoms with E-state index in [9.17, 15) is 14.4 Å². The molecule has 0 spiro atoms. The number of likely N-dealkylation sites (tertiary alicyclic amines) is 2. The van der Waals surface area contributed by atoms with Crippen LogP contribution in [0.3, 0.4) is 0 Å². The molecule has 3 fully saturated rings. The summed E-state index contributed by atoms with van der Waals surface area (Å²) >= 11 is 0. The van der Waals surface area contributed by atoms with Crippen LogP contribution in [0.2, 0.25) is 0 Å². The first-order chi connectivity index (χ1) is 17.5. The van der Waals surface area contributed by atoms with Crippen molar-refractivity contribution in [3.05, 3.63) is 65.7 Å². The van der Waals surface area contributed by atoms with Gasteiger partial charge in [-0.3, -0.25) is 14.4 Å². The van der Waals surface area contributed by atoms with Crippen molar-refractivity contribution in [1.29, 1.82) is 0 Å². The summed E-state index contributed by atoms with van der Waals surface area (Å²) in [5, 5.41) is 6.70. The zero-order chi connectivity index (χ0) is 25.1. The normalized spacial score (nSPS) is 25.5. The van der Waals surface area contributed by atoms with Crippen molar-refractivity contribution in [2.75, 3.05) is 39.3 Å². The van der Waals surface area contributed by atoms with Crippen molar-refractivity contribution in [2.24, 2.45) is 5.92 Å². The van der Waals surface area contributed by atoms with Crippen LogP contribution >= 0.6 is 0 Å². The summed E-state index contributed by atoms with van der Waals surface area (Å²) < 4.78 is 5.83. The van der Waals surface area contributed by atoms with Gasteiger partial charge >= 0.3 is 0 Å². The molecular weight excluding hydrogens is 456 g/mol. The highest BCUT2D eigenvalue weighted by molar-refractivity contribution is 5.95. The zero-order valence-corrected chi connectivity index (χ0v) is 20.7. The molecule has 8 nitrogen and oxygen atoms in total. The molecule has 36 heavy (non-hydrogen) atoms. The van der Waals surface area contributed by atoms with Gasteiger partial charge in [0.05, 0.1) is 18.1 Å². The quantitative estimate of drug-likeness (QED) is 0.622. The fourth-order valence-electron chi connectivity index (χ4n) is 6.06. The first-order valence-corrected chi connectivity index (χ1v) is 12.8. The fraction of sp³-hybridized carbons (Fsp3) is 0.464. The number of carbonyl (C=O) groups is 3. The lowest BCUT2D eigenvalue weighted by Gasteiger charge is -2.40. The Morgan fingerprint density at radius 3 is 2.61 bits per heavy atom. The van der Waals surface area contributed by atoms with Crippen molar-refractivity contribution in [2.45, 2.75) is 37.8 Å². The summed E-state index contributed by atoms with van der Waals surface area (Å²) in [4.78, 5) is 41.6. The summed E-state index contributed by atoms with van der Waals surface area (Å²) in [6.07, 6.45) is 2.31. The lowest BCUT2D eigenvalue weighted by atomic mass is 9.76. The Kier molecular flexibility index (Phi) is 6.96. The van der Waals surface area contributed by atoms with Gasteiger partial charge in [-0.15, -0.1) is 0 Å². The maximum absolute atomic E-state index is 13.8. The molecule has 2 aromatic rings. The highest BCUT2D eigenvalue weighted by Crippen LogP contribution is 2.46. The van der Waals surface area contributed by atoms with Crippen LogP contribution < -0.4 is 15.4 Å². The van der Waals surface area contributed by atoms with Gasteiger partial charge in [0, 0.05) is 44.5 Å². The van der Waals surface area contributed by atoms with Crippen LogP contribution in [-0.2, 0) is 9.59 Å². The molecule has 8 heteroatoms. The molecule has 3 aliphatic rings. The lowest BCUT2D eigenvalue weighted by molar-refractivity contribution is -0.128. The van der Waals surface area contributed by atoms with Crippen LogP contribution in [0.1, 0.15) is 48.1 Å². The Morgan fingerprint density at radius 1 is 1.14 bits per heavy atom. The van der Waals surface area contributed by atoms with Gasteiger partial charge in [-0.25, -0.2) is 0 Å². The van der Waals surface area contributed by atoms with E-state index < -0.39 is 5.54 Å². The van der Waals surface area contributed by atoms with Crippen LogP contribution in [0.5, 0.6) is 5.75 Å². The average Bonchev–Trinajstić information content (AvgIpc) is 3.44. The Hall–Kier alpha value is -3.39. The number of nitrogens with zero attached hydrogens (tertiary/aromatic N) is 2. The van der Waals surface area contributed by atoms with Gasteiger partial charge < -0.3 is 25.2 Å². The number of fused-ring (bicyclic) bond motifs is 1. The first kappa shape index (κ1) is 24.3. The van der Waals surface area contributed by atoms with Crippen LogP contribution in [0.4, 0.5) is 0 Å². The van der Waals surface area contributed by atoms with E-state index >= 15 is 0 Å². The Balaban J connectivity index is 1.34. The number of hydrogen-bond donors (Lipinski definition) is 2. The van der Waals surface area contributed by atoms with E-state index in [0.717, 1.165) is 38.0 Å². The van der Waals surface area contributed by atoms with Crippen LogP contribution in [0, 0.1) is 5.92 Å². The Morgan fingerprint density at radius 2 is 1.92 bits per heavy atom. The summed E-state index contributed by atoms with van der Waals surface area (Å²) in [6.45, 7) is 5.35. The molecule has 0 aromatic heterocycles. The van der Waals surface area contributed by atoms with Gasteiger partial charge in [-0.05, 0) is 49.2 Å². The zero-order valence-electron chi connectivity index (χ0n) is 20.7. The third-order valence-corrected chi connectivity index (χ3v) is 7.72. The van der Waals surface area contributed by atoms with Gasteiger partial charge in [-0.1, -0.05) is 30.3 Å². The maximum Gasteiger partial charge on any atom is 0.254 e. The minimum absolute atomic E-state index is 0.0582. The van der Waals surface area contributed by atoms with E-state index in [1.165, 1.54) is 0 Å². The molecule has 0 radical (unpaired) electrons. The molecule has 5 rings (SSSR count). The topological polar surface area (TPSA) is 91.0 Å². The fourth-order valence-corrected chi connectivity index (χ4v) is 6.06. The van der Waals surface area contributed by atoms with E-state index in [1.54, 1.807) is 19.1 Å². The van der Waals surface area contributed by atoms with E-state index in [4.69, 9.17) is 4.74 Å². The predicted octanol–water partition coefficient (Wildman–Crippen LogP) is 2.37. The molecule has 3 amide bonds. The monoisotopic (exact) mass is 490 g/mol. The van der Waals surface area contributed by atoms with E-state index in [2.05, 4.69) is 22.8 Å². The Bertz CT molecular complexity index is 1110. The van der Waals surface area contributed by atoms with Crippen molar-refractivity contribution < 1.29 is 19.1 Å². The lowest BCUT2D eigenvalue weighted by Crippen LogP contribution is -2.60. The second kappa shape index (κ2) is 10.3. The van der Waals surface area contributed by atoms with Crippen LogP contribution in [0.15, 0.2) is 54.6 Å². The molecule has 0 aliphatic carbocycles. The maximum atomic E-state index is 13.8. The molecule has 2 N–H and O–H groups in total. The molecule has 3 atom stereocenters. The number of nitrogens with one attached hydrogen (secondary N) is 2. The largest absolute Gasteiger partial charge is 0.492 e. The second-order valence-electron chi connectivity index (χ2n) is 10.0. The summed E-state index contributed by atoms with van der Waals surface area (Å²) in [7, 11) is 0. The SMILES string of the molecule is CC(=O)N[C@@]12CCNC[C@@H]1[C@@H](c1ccccc1)N(C(=O)c1ccc(OCCN3CCCC3=O)cc1)C2. The number of amides is 3. The van der Waals surface area contributed by atoms with Gasteiger partial charge in [0.15, 0.2) is 0 Å². The van der Waals surface area contributed by atoms with Gasteiger partial charge in [0.25, 0.3) is 5.91 Å². The van der Waals surface area contributed by atoms with Crippen molar-refractivity contribution in [1.82, 2.24) is 20.4 Å². The molecule has 2 aromatic carbocycles. The number of rotatable bonds is 7. The van der Waals surface area contributed by atoms with Crippen LogP contribution in [-0.4, -0.2) is 72.4 Å². The molecule has 0 bridgehead atoms. The minimum atomic E-state index is -0.455. The molecular formula is C28H34N4O4. The number of benzene rings is 2. The van der Waals surface area contributed by atoms with Gasteiger partial charge in [-0.2, -0.15) is 0 Å². The van der Waals surface area contributed by atoms with E-state index in [0.29, 0.717) is 37.4 Å². The third kappa shape index (κ3) is 4.82. The molecule has 3 heterocycles. The van der Waals surface area contributed by atoms with E-state index in [1.807, 2.05) is 40.1 Å². The molecule has 0 saturated carbocycles. The molecule has 3 saturated heterocycles. The summed E-state index contributed by atoms with van der Waals surface area (Å²) in [5.74, 6) is 0.799. The van der Waals surface area contributed by atoms with Crippen molar-refractivity contribution in [3.63, 3.8) is 0 Å². The summed E-state index contributed by atoms with van der Waals surface area (Å²) in [6, 6.07) is 17.2. The first-order valence-electron chi connectivity index (χ1n) is 12.8. The van der Waals surface area contributed by atoms with Crippen LogP contribution in [0.25, 0.3) is 0 Å². The standard InChI is InChI=1S/C28H34N4O4/c1-20(33)30-28-13-14-29-18-24(28)26(21-6-3-2-4-7-21)32(19-28)27(35)22-9-11-23(12-10-22)36-17-16-31-15-5-8-25(31)34/h2-4,6-7,9-12,24,26,29H,5,8,13-19H2,1H3,(H,30,33)/t24-,26-,28-/m1/s1. The highest BCUT2D eigenvalue weighted by atomic mass is 16.5.